The van der Waals surface area contributed by atoms with Gasteiger partial charge in [0, 0.05) is 18.5 Å². The molecule has 0 aromatic heterocycles. The monoisotopic (exact) mass is 231 g/mol. The number of piperidine rings is 1. The predicted molar refractivity (Wildman–Crippen MR) is 69.6 cm³/mol. The van der Waals surface area contributed by atoms with E-state index < -0.39 is 0 Å². The second-order valence-corrected chi connectivity index (χ2v) is 5.32. The molecule has 92 valence electrons. The molecule has 0 aliphatic carbocycles. The Bertz CT molecular complexity index is 376. The van der Waals surface area contributed by atoms with E-state index in [4.69, 9.17) is 4.74 Å². The first kappa shape index (κ1) is 11.1. The molecule has 0 bridgehead atoms. The predicted octanol–water partition coefficient (Wildman–Crippen LogP) is 3.04. The maximum atomic E-state index is 5.49. The van der Waals surface area contributed by atoms with Crippen LogP contribution < -0.4 is 4.74 Å². The second-order valence-electron chi connectivity index (χ2n) is 5.32. The van der Waals surface area contributed by atoms with Crippen molar-refractivity contribution in [3.63, 3.8) is 0 Å². The molecule has 0 saturated carbocycles. The SMILES string of the molecule is COc1ccccc1C1CC2CCCCN2C1. The fourth-order valence-corrected chi connectivity index (χ4v) is 3.48. The minimum absolute atomic E-state index is 0.675. The molecule has 2 unspecified atom stereocenters. The fraction of sp³-hybridized carbons (Fsp3) is 0.600. The third kappa shape index (κ3) is 2.06. The van der Waals surface area contributed by atoms with Crippen molar-refractivity contribution in [2.24, 2.45) is 0 Å². The summed E-state index contributed by atoms with van der Waals surface area (Å²) in [6, 6.07) is 9.35. The van der Waals surface area contributed by atoms with Gasteiger partial charge in [0.1, 0.15) is 5.75 Å². The van der Waals surface area contributed by atoms with Crippen LogP contribution in [0, 0.1) is 0 Å². The number of methoxy groups -OCH3 is 1. The Morgan fingerprint density at radius 2 is 2.12 bits per heavy atom. The van der Waals surface area contributed by atoms with Crippen LogP contribution in [0.5, 0.6) is 5.75 Å². The summed E-state index contributed by atoms with van der Waals surface area (Å²) in [6.07, 6.45) is 5.51. The molecule has 17 heavy (non-hydrogen) atoms. The Hall–Kier alpha value is -1.02. The Morgan fingerprint density at radius 1 is 1.24 bits per heavy atom. The summed E-state index contributed by atoms with van der Waals surface area (Å²) in [4.78, 5) is 2.68. The van der Waals surface area contributed by atoms with Crippen LogP contribution in [0.15, 0.2) is 24.3 Å². The molecule has 1 aromatic carbocycles. The number of hydrogen-bond donors (Lipinski definition) is 0. The van der Waals surface area contributed by atoms with E-state index in [-0.39, 0.29) is 0 Å². The van der Waals surface area contributed by atoms with Gasteiger partial charge in [-0.2, -0.15) is 0 Å². The summed E-state index contributed by atoms with van der Waals surface area (Å²) in [5.74, 6) is 1.74. The molecule has 1 aromatic rings. The van der Waals surface area contributed by atoms with Crippen molar-refractivity contribution in [2.45, 2.75) is 37.6 Å². The van der Waals surface area contributed by atoms with E-state index >= 15 is 0 Å². The Morgan fingerprint density at radius 3 is 2.94 bits per heavy atom. The van der Waals surface area contributed by atoms with Crippen molar-refractivity contribution in [1.29, 1.82) is 0 Å². The molecule has 2 aliphatic rings. The molecular weight excluding hydrogens is 210 g/mol. The molecule has 2 heterocycles. The van der Waals surface area contributed by atoms with E-state index in [0.717, 1.165) is 11.8 Å². The van der Waals surface area contributed by atoms with Crippen LogP contribution >= 0.6 is 0 Å². The molecule has 0 N–H and O–H groups in total. The van der Waals surface area contributed by atoms with Gasteiger partial charge in [-0.1, -0.05) is 24.6 Å². The van der Waals surface area contributed by atoms with Crippen molar-refractivity contribution in [2.75, 3.05) is 20.2 Å². The van der Waals surface area contributed by atoms with Gasteiger partial charge in [0.25, 0.3) is 0 Å². The molecule has 3 rings (SSSR count). The summed E-state index contributed by atoms with van der Waals surface area (Å²) in [7, 11) is 1.78. The molecule has 0 amide bonds. The molecule has 2 heteroatoms. The highest BCUT2D eigenvalue weighted by atomic mass is 16.5. The van der Waals surface area contributed by atoms with Gasteiger partial charge in [0.15, 0.2) is 0 Å². The molecule has 0 spiro atoms. The van der Waals surface area contributed by atoms with Gasteiger partial charge in [-0.15, -0.1) is 0 Å². The Kier molecular flexibility index (Phi) is 3.06. The summed E-state index contributed by atoms with van der Waals surface area (Å²) < 4.78 is 5.49. The molecule has 2 aliphatic heterocycles. The largest absolute Gasteiger partial charge is 0.496 e. The number of rotatable bonds is 2. The molecule has 2 fully saturated rings. The van der Waals surface area contributed by atoms with Gasteiger partial charge in [-0.3, -0.25) is 4.90 Å². The molecule has 2 atom stereocenters. The zero-order valence-corrected chi connectivity index (χ0v) is 10.6. The van der Waals surface area contributed by atoms with Crippen LogP contribution in [-0.4, -0.2) is 31.1 Å². The third-order valence-corrected chi connectivity index (χ3v) is 4.34. The summed E-state index contributed by atoms with van der Waals surface area (Å²) in [6.45, 7) is 2.53. The van der Waals surface area contributed by atoms with Crippen molar-refractivity contribution in [1.82, 2.24) is 4.90 Å². The van der Waals surface area contributed by atoms with Gasteiger partial charge in [-0.25, -0.2) is 0 Å². The molecule has 0 radical (unpaired) electrons. The average molecular weight is 231 g/mol. The number of para-hydroxylation sites is 1. The smallest absolute Gasteiger partial charge is 0.122 e. The maximum Gasteiger partial charge on any atom is 0.122 e. The van der Waals surface area contributed by atoms with E-state index in [1.807, 2.05) is 0 Å². The Balaban J connectivity index is 1.81. The van der Waals surface area contributed by atoms with E-state index in [1.54, 1.807) is 7.11 Å². The van der Waals surface area contributed by atoms with Crippen molar-refractivity contribution >= 4 is 0 Å². The number of fused-ring (bicyclic) bond motifs is 1. The standard InChI is InChI=1S/C15H21NO/c1-17-15-8-3-2-7-14(15)12-10-13-6-4-5-9-16(13)11-12/h2-3,7-8,12-13H,4-6,9-11H2,1H3. The maximum absolute atomic E-state index is 5.49. The van der Waals surface area contributed by atoms with Gasteiger partial charge >= 0.3 is 0 Å². The minimum atomic E-state index is 0.675. The zero-order valence-electron chi connectivity index (χ0n) is 10.6. The number of ether oxygens (including phenoxy) is 1. The first-order valence-electron chi connectivity index (χ1n) is 6.75. The van der Waals surface area contributed by atoms with Crippen LogP contribution in [0.1, 0.15) is 37.2 Å². The van der Waals surface area contributed by atoms with Crippen LogP contribution in [0.3, 0.4) is 0 Å². The second kappa shape index (κ2) is 4.69. The van der Waals surface area contributed by atoms with E-state index in [0.29, 0.717) is 5.92 Å². The molecule has 2 saturated heterocycles. The Labute approximate surface area is 104 Å². The summed E-state index contributed by atoms with van der Waals surface area (Å²) in [5, 5.41) is 0. The van der Waals surface area contributed by atoms with Gasteiger partial charge < -0.3 is 4.74 Å². The molecule has 2 nitrogen and oxygen atoms in total. The van der Waals surface area contributed by atoms with Crippen molar-refractivity contribution in [3.8, 4) is 5.75 Å². The fourth-order valence-electron chi connectivity index (χ4n) is 3.48. The quantitative estimate of drug-likeness (QED) is 0.775. The normalized spacial score (nSPS) is 29.0. The zero-order chi connectivity index (χ0) is 11.7. The van der Waals surface area contributed by atoms with Crippen molar-refractivity contribution < 1.29 is 4.74 Å². The summed E-state index contributed by atoms with van der Waals surface area (Å²) in [5.41, 5.74) is 1.41. The lowest BCUT2D eigenvalue weighted by molar-refractivity contribution is 0.197. The highest BCUT2D eigenvalue weighted by Gasteiger charge is 2.35. The first-order valence-corrected chi connectivity index (χ1v) is 6.75. The lowest BCUT2D eigenvalue weighted by atomic mass is 9.93. The summed E-state index contributed by atoms with van der Waals surface area (Å²) >= 11 is 0. The number of benzene rings is 1. The number of nitrogens with zero attached hydrogens (tertiary/aromatic N) is 1. The van der Waals surface area contributed by atoms with E-state index in [9.17, 15) is 0 Å². The topological polar surface area (TPSA) is 12.5 Å². The lowest BCUT2D eigenvalue weighted by Gasteiger charge is -2.28. The van der Waals surface area contributed by atoms with Crippen LogP contribution in [-0.2, 0) is 0 Å². The van der Waals surface area contributed by atoms with Gasteiger partial charge in [0.2, 0.25) is 0 Å². The van der Waals surface area contributed by atoms with E-state index in [1.165, 1.54) is 44.3 Å². The van der Waals surface area contributed by atoms with Gasteiger partial charge in [-0.05, 0) is 37.4 Å². The van der Waals surface area contributed by atoms with Gasteiger partial charge in [0.05, 0.1) is 7.11 Å². The molecular formula is C15H21NO. The van der Waals surface area contributed by atoms with Crippen molar-refractivity contribution in [3.05, 3.63) is 29.8 Å². The highest BCUT2D eigenvalue weighted by molar-refractivity contribution is 5.37. The van der Waals surface area contributed by atoms with Crippen LogP contribution in [0.25, 0.3) is 0 Å². The third-order valence-electron chi connectivity index (χ3n) is 4.34. The minimum Gasteiger partial charge on any atom is -0.496 e. The first-order chi connectivity index (χ1) is 8.38. The highest BCUT2D eigenvalue weighted by Crippen LogP contribution is 2.39. The lowest BCUT2D eigenvalue weighted by Crippen LogP contribution is -2.33. The average Bonchev–Trinajstić information content (AvgIpc) is 2.82. The number of hydrogen-bond acceptors (Lipinski definition) is 2. The van der Waals surface area contributed by atoms with E-state index in [2.05, 4.69) is 29.2 Å². The van der Waals surface area contributed by atoms with Crippen LogP contribution in [0.4, 0.5) is 0 Å². The van der Waals surface area contributed by atoms with Crippen LogP contribution in [0.2, 0.25) is 0 Å².